The summed E-state index contributed by atoms with van der Waals surface area (Å²) in [6, 6.07) is 0.554. The fourth-order valence-electron chi connectivity index (χ4n) is 2.03. The number of ether oxygens (including phenoxy) is 1. The molecule has 0 radical (unpaired) electrons. The van der Waals surface area contributed by atoms with E-state index in [0.29, 0.717) is 12.3 Å². The van der Waals surface area contributed by atoms with Crippen LogP contribution >= 0.6 is 11.6 Å². The Morgan fingerprint density at radius 1 is 1.29 bits per heavy atom. The lowest BCUT2D eigenvalue weighted by Crippen LogP contribution is -2.21. The summed E-state index contributed by atoms with van der Waals surface area (Å²) < 4.78 is 81.6. The van der Waals surface area contributed by atoms with Gasteiger partial charge in [-0.25, -0.2) is 22.8 Å². The van der Waals surface area contributed by atoms with E-state index in [0.717, 1.165) is 6.92 Å². The van der Waals surface area contributed by atoms with Crippen molar-refractivity contribution in [3.05, 3.63) is 34.4 Å². The first-order valence-corrected chi connectivity index (χ1v) is 9.55. The van der Waals surface area contributed by atoms with Crippen LogP contribution in [0.1, 0.15) is 18.2 Å². The number of nitrogens with zero attached hydrogens (tertiary/aromatic N) is 3. The molecule has 152 valence electrons. The molecule has 2 rings (SSSR count). The summed E-state index contributed by atoms with van der Waals surface area (Å²) in [5.74, 6) is -4.12. The number of rotatable bonds is 5. The van der Waals surface area contributed by atoms with E-state index in [9.17, 15) is 30.8 Å². The lowest BCUT2D eigenvalue weighted by molar-refractivity contribution is -0.140. The molecule has 0 bridgehead atoms. The van der Waals surface area contributed by atoms with E-state index in [1.807, 2.05) is 0 Å². The molecule has 0 aromatic carbocycles. The van der Waals surface area contributed by atoms with E-state index in [1.54, 1.807) is 0 Å². The number of aryl methyl sites for hydroxylation is 1. The zero-order chi connectivity index (χ0) is 21.3. The van der Waals surface area contributed by atoms with Crippen LogP contribution in [-0.2, 0) is 25.5 Å². The van der Waals surface area contributed by atoms with Crippen molar-refractivity contribution >= 4 is 27.4 Å². The largest absolute Gasteiger partial charge is 0.465 e. The molecule has 2 aromatic heterocycles. The molecule has 2 heterocycles. The van der Waals surface area contributed by atoms with Crippen LogP contribution in [0.5, 0.6) is 0 Å². The van der Waals surface area contributed by atoms with Crippen molar-refractivity contribution in [3.63, 3.8) is 0 Å². The number of hydrogen-bond donors (Lipinski definition) is 0. The van der Waals surface area contributed by atoms with E-state index in [4.69, 9.17) is 11.6 Å². The van der Waals surface area contributed by atoms with Gasteiger partial charge in [-0.2, -0.15) is 13.2 Å². The van der Waals surface area contributed by atoms with Gasteiger partial charge in [-0.1, -0.05) is 11.6 Å². The second-order valence-electron chi connectivity index (χ2n) is 5.37. The van der Waals surface area contributed by atoms with Crippen LogP contribution in [0.2, 0.25) is 5.02 Å². The summed E-state index contributed by atoms with van der Waals surface area (Å²) in [6.07, 6.45) is -4.25. The summed E-state index contributed by atoms with van der Waals surface area (Å²) in [5, 5.41) is -1.63. The van der Waals surface area contributed by atoms with E-state index < -0.39 is 60.7 Å². The fourth-order valence-corrected chi connectivity index (χ4v) is 3.46. The highest BCUT2D eigenvalue weighted by Gasteiger charge is 2.33. The number of esters is 1. The molecule has 0 fully saturated rings. The Kier molecular flexibility index (Phi) is 6.24. The standard InChI is InChI=1S/C15H12ClF4N3O4S/c1-3-27-10(24)6-28(25,26)14-11(17)7(2)22-13(23-14)12-9(16)4-8(5-21-12)15(18,19)20/h4-5H,3,6H2,1-2H3. The first-order valence-electron chi connectivity index (χ1n) is 7.52. The Bertz CT molecular complexity index is 1030. The maximum absolute atomic E-state index is 14.3. The Morgan fingerprint density at radius 3 is 2.46 bits per heavy atom. The molecule has 2 aromatic rings. The third-order valence-electron chi connectivity index (χ3n) is 3.27. The predicted molar refractivity (Wildman–Crippen MR) is 88.7 cm³/mol. The highest BCUT2D eigenvalue weighted by molar-refractivity contribution is 7.92. The Hall–Kier alpha value is -2.34. The maximum atomic E-state index is 14.3. The summed E-state index contributed by atoms with van der Waals surface area (Å²) in [6.45, 7) is 2.48. The van der Waals surface area contributed by atoms with Crippen molar-refractivity contribution < 1.29 is 35.5 Å². The summed E-state index contributed by atoms with van der Waals surface area (Å²) >= 11 is 5.79. The molecule has 0 unspecified atom stereocenters. The number of hydrogen-bond acceptors (Lipinski definition) is 7. The molecule has 0 N–H and O–H groups in total. The van der Waals surface area contributed by atoms with Gasteiger partial charge in [0.25, 0.3) is 0 Å². The topological polar surface area (TPSA) is 99.1 Å². The SMILES string of the molecule is CCOC(=O)CS(=O)(=O)c1nc(-c2ncc(C(F)(F)F)cc2Cl)nc(C)c1F. The van der Waals surface area contributed by atoms with Gasteiger partial charge in [0.1, 0.15) is 5.69 Å². The molecule has 0 aliphatic rings. The molecule has 0 aliphatic carbocycles. The van der Waals surface area contributed by atoms with Crippen molar-refractivity contribution in [2.24, 2.45) is 0 Å². The maximum Gasteiger partial charge on any atom is 0.417 e. The van der Waals surface area contributed by atoms with E-state index in [-0.39, 0.29) is 12.3 Å². The number of pyridine rings is 1. The minimum Gasteiger partial charge on any atom is -0.465 e. The van der Waals surface area contributed by atoms with Gasteiger partial charge < -0.3 is 4.74 Å². The van der Waals surface area contributed by atoms with Crippen LogP contribution in [0.3, 0.4) is 0 Å². The zero-order valence-electron chi connectivity index (χ0n) is 14.3. The molecule has 7 nitrogen and oxygen atoms in total. The van der Waals surface area contributed by atoms with Crippen LogP contribution in [0, 0.1) is 12.7 Å². The molecular weight excluding hydrogens is 430 g/mol. The predicted octanol–water partition coefficient (Wildman–Crippen LogP) is 3.00. The van der Waals surface area contributed by atoms with Gasteiger partial charge in [0.2, 0.25) is 9.84 Å². The summed E-state index contributed by atoms with van der Waals surface area (Å²) in [5.41, 5.74) is -1.95. The van der Waals surface area contributed by atoms with E-state index in [1.165, 1.54) is 6.92 Å². The molecule has 13 heteroatoms. The van der Waals surface area contributed by atoms with E-state index in [2.05, 4.69) is 19.7 Å². The molecule has 28 heavy (non-hydrogen) atoms. The van der Waals surface area contributed by atoms with Crippen LogP contribution < -0.4 is 0 Å². The summed E-state index contributed by atoms with van der Waals surface area (Å²) in [7, 11) is -4.56. The van der Waals surface area contributed by atoms with Crippen molar-refractivity contribution in [2.45, 2.75) is 25.0 Å². The normalized spacial score (nSPS) is 12.1. The van der Waals surface area contributed by atoms with Gasteiger partial charge >= 0.3 is 12.1 Å². The zero-order valence-corrected chi connectivity index (χ0v) is 15.9. The van der Waals surface area contributed by atoms with Crippen LogP contribution in [-0.4, -0.2) is 41.7 Å². The van der Waals surface area contributed by atoms with Gasteiger partial charge in [-0.3, -0.25) is 9.78 Å². The minimum atomic E-state index is -4.71. The molecular formula is C15H12ClF4N3O4S. The van der Waals surface area contributed by atoms with Crippen molar-refractivity contribution in [1.29, 1.82) is 0 Å². The third-order valence-corrected chi connectivity index (χ3v) is 5.04. The first-order chi connectivity index (χ1) is 12.9. The highest BCUT2D eigenvalue weighted by atomic mass is 35.5. The van der Waals surface area contributed by atoms with Crippen LogP contribution in [0.15, 0.2) is 17.3 Å². The second kappa shape index (κ2) is 7.95. The van der Waals surface area contributed by atoms with Gasteiger partial charge in [-0.15, -0.1) is 0 Å². The molecule has 0 atom stereocenters. The minimum absolute atomic E-state index is 0.0873. The van der Waals surface area contributed by atoms with Crippen LogP contribution in [0.4, 0.5) is 17.6 Å². The Balaban J connectivity index is 2.56. The second-order valence-corrected chi connectivity index (χ2v) is 7.68. The number of halogens is 5. The van der Waals surface area contributed by atoms with E-state index >= 15 is 0 Å². The number of sulfone groups is 1. The molecule has 0 saturated heterocycles. The van der Waals surface area contributed by atoms with Crippen molar-refractivity contribution in [1.82, 2.24) is 15.0 Å². The third kappa shape index (κ3) is 4.73. The first kappa shape index (κ1) is 22.0. The lowest BCUT2D eigenvalue weighted by Gasteiger charge is -2.11. The van der Waals surface area contributed by atoms with Crippen LogP contribution in [0.25, 0.3) is 11.5 Å². The van der Waals surface area contributed by atoms with Crippen molar-refractivity contribution in [3.8, 4) is 11.5 Å². The summed E-state index contributed by atoms with van der Waals surface area (Å²) in [4.78, 5) is 22.2. The average molecular weight is 442 g/mol. The number of carbonyl (C=O) groups excluding carboxylic acids is 1. The highest BCUT2D eigenvalue weighted by Crippen LogP contribution is 2.33. The fraction of sp³-hybridized carbons (Fsp3) is 0.333. The molecule has 0 spiro atoms. The van der Waals surface area contributed by atoms with Gasteiger partial charge in [0.05, 0.1) is 22.9 Å². The Labute approximate surface area is 161 Å². The quantitative estimate of drug-likeness (QED) is 0.399. The number of aromatic nitrogens is 3. The molecule has 0 amide bonds. The molecule has 0 saturated carbocycles. The average Bonchev–Trinajstić information content (AvgIpc) is 2.55. The number of alkyl halides is 3. The number of carbonyl (C=O) groups is 1. The smallest absolute Gasteiger partial charge is 0.417 e. The monoisotopic (exact) mass is 441 g/mol. The van der Waals surface area contributed by atoms with Gasteiger partial charge in [0, 0.05) is 6.20 Å². The van der Waals surface area contributed by atoms with Gasteiger partial charge in [-0.05, 0) is 19.9 Å². The lowest BCUT2D eigenvalue weighted by atomic mass is 10.2. The molecule has 0 aliphatic heterocycles. The van der Waals surface area contributed by atoms with Crippen molar-refractivity contribution in [2.75, 3.05) is 12.4 Å². The Morgan fingerprint density at radius 2 is 1.93 bits per heavy atom. The van der Waals surface area contributed by atoms with Gasteiger partial charge in [0.15, 0.2) is 22.4 Å².